The summed E-state index contributed by atoms with van der Waals surface area (Å²) in [6.07, 6.45) is 1.65. The maximum absolute atomic E-state index is 13.0. The van der Waals surface area contributed by atoms with Gasteiger partial charge in [-0.15, -0.1) is 0 Å². The Balaban J connectivity index is 1.37. The van der Waals surface area contributed by atoms with Gasteiger partial charge in [-0.2, -0.15) is 0 Å². The lowest BCUT2D eigenvalue weighted by molar-refractivity contribution is -0.134. The molecule has 1 saturated carbocycles. The van der Waals surface area contributed by atoms with Crippen molar-refractivity contribution >= 4 is 11.8 Å². The van der Waals surface area contributed by atoms with Gasteiger partial charge >= 0.3 is 0 Å². The van der Waals surface area contributed by atoms with Gasteiger partial charge in [-0.05, 0) is 36.5 Å². The van der Waals surface area contributed by atoms with Crippen LogP contribution >= 0.6 is 0 Å². The Morgan fingerprint density at radius 2 is 1.89 bits per heavy atom. The number of ether oxygens (including phenoxy) is 1. The van der Waals surface area contributed by atoms with E-state index >= 15 is 0 Å². The molecule has 2 unspecified atom stereocenters. The first-order valence-electron chi connectivity index (χ1n) is 9.60. The van der Waals surface area contributed by atoms with E-state index in [4.69, 9.17) is 4.74 Å². The molecule has 1 aromatic carbocycles. The Labute approximate surface area is 159 Å². The fourth-order valence-electron chi connectivity index (χ4n) is 3.61. The van der Waals surface area contributed by atoms with E-state index in [0.717, 1.165) is 18.4 Å². The van der Waals surface area contributed by atoms with Crippen LogP contribution in [0.4, 0.5) is 4.39 Å². The second-order valence-electron chi connectivity index (χ2n) is 7.30. The minimum Gasteiger partial charge on any atom is -0.385 e. The van der Waals surface area contributed by atoms with Crippen molar-refractivity contribution in [1.29, 1.82) is 0 Å². The van der Waals surface area contributed by atoms with E-state index in [1.165, 1.54) is 12.1 Å². The Bertz CT molecular complexity index is 644. The maximum Gasteiger partial charge on any atom is 0.234 e. The molecule has 7 heteroatoms. The Morgan fingerprint density at radius 1 is 1.19 bits per heavy atom. The number of hydrogen-bond acceptors (Lipinski definition) is 4. The molecule has 0 bridgehead atoms. The van der Waals surface area contributed by atoms with Gasteiger partial charge in [0.1, 0.15) is 5.82 Å². The molecule has 1 heterocycles. The molecular weight excluding hydrogens is 349 g/mol. The van der Waals surface area contributed by atoms with E-state index in [-0.39, 0.29) is 29.5 Å². The summed E-state index contributed by atoms with van der Waals surface area (Å²) in [5.41, 5.74) is 1.04. The van der Waals surface area contributed by atoms with Crippen LogP contribution in [0.5, 0.6) is 0 Å². The van der Waals surface area contributed by atoms with Crippen LogP contribution in [0.2, 0.25) is 0 Å². The summed E-state index contributed by atoms with van der Waals surface area (Å²) >= 11 is 0. The van der Waals surface area contributed by atoms with Crippen molar-refractivity contribution < 1.29 is 18.7 Å². The Kier molecular flexibility index (Phi) is 6.79. The van der Waals surface area contributed by atoms with Gasteiger partial charge in [0.25, 0.3) is 0 Å². The second-order valence-corrected chi connectivity index (χ2v) is 7.30. The van der Waals surface area contributed by atoms with Crippen LogP contribution in [0, 0.1) is 11.7 Å². The third-order valence-electron chi connectivity index (χ3n) is 5.30. The second kappa shape index (κ2) is 9.28. The average molecular weight is 377 g/mol. The molecule has 148 valence electrons. The van der Waals surface area contributed by atoms with Crippen LogP contribution in [0.25, 0.3) is 0 Å². The summed E-state index contributed by atoms with van der Waals surface area (Å²) in [5, 5.41) is 2.89. The number of benzene rings is 1. The van der Waals surface area contributed by atoms with E-state index in [1.807, 2.05) is 4.90 Å². The lowest BCUT2D eigenvalue weighted by Crippen LogP contribution is -2.51. The van der Waals surface area contributed by atoms with Gasteiger partial charge in [-0.3, -0.25) is 14.5 Å². The van der Waals surface area contributed by atoms with Gasteiger partial charge < -0.3 is 15.0 Å². The first-order chi connectivity index (χ1) is 13.1. The summed E-state index contributed by atoms with van der Waals surface area (Å²) in [6, 6.07) is 6.45. The maximum atomic E-state index is 13.0. The van der Waals surface area contributed by atoms with Crippen molar-refractivity contribution in [3.8, 4) is 0 Å². The summed E-state index contributed by atoms with van der Waals surface area (Å²) in [4.78, 5) is 28.6. The fraction of sp³-hybridized carbons (Fsp3) is 0.600. The van der Waals surface area contributed by atoms with E-state index in [9.17, 15) is 14.0 Å². The highest BCUT2D eigenvalue weighted by Gasteiger charge is 2.46. The van der Waals surface area contributed by atoms with Crippen molar-refractivity contribution in [3.63, 3.8) is 0 Å². The zero-order chi connectivity index (χ0) is 19.2. The van der Waals surface area contributed by atoms with Gasteiger partial charge in [0.15, 0.2) is 0 Å². The molecular formula is C20H28FN3O3. The normalized spacial score (nSPS) is 22.5. The fourth-order valence-corrected chi connectivity index (χ4v) is 3.61. The molecule has 2 atom stereocenters. The molecule has 2 fully saturated rings. The number of nitrogens with one attached hydrogen (secondary N) is 1. The lowest BCUT2D eigenvalue weighted by Gasteiger charge is -2.34. The van der Waals surface area contributed by atoms with Crippen LogP contribution in [0.1, 0.15) is 24.3 Å². The molecule has 1 aromatic rings. The number of carbonyl (C=O) groups is 2. The van der Waals surface area contributed by atoms with Crippen molar-refractivity contribution in [2.75, 3.05) is 53.0 Å². The van der Waals surface area contributed by atoms with E-state index in [1.54, 1.807) is 19.2 Å². The molecule has 27 heavy (non-hydrogen) atoms. The Hall–Kier alpha value is -1.99. The number of nitrogens with zero attached hydrogens (tertiary/aromatic N) is 2. The van der Waals surface area contributed by atoms with E-state index in [2.05, 4.69) is 10.2 Å². The van der Waals surface area contributed by atoms with Gasteiger partial charge in [0.2, 0.25) is 11.8 Å². The molecule has 2 amide bonds. The lowest BCUT2D eigenvalue weighted by atomic mass is 10.1. The van der Waals surface area contributed by atoms with Crippen molar-refractivity contribution in [2.24, 2.45) is 5.92 Å². The van der Waals surface area contributed by atoms with Crippen LogP contribution in [-0.4, -0.2) is 74.6 Å². The summed E-state index contributed by atoms with van der Waals surface area (Å²) < 4.78 is 18.0. The highest BCUT2D eigenvalue weighted by molar-refractivity contribution is 5.83. The molecule has 1 saturated heterocycles. The van der Waals surface area contributed by atoms with Crippen molar-refractivity contribution in [3.05, 3.63) is 35.6 Å². The van der Waals surface area contributed by atoms with Crippen molar-refractivity contribution in [1.82, 2.24) is 15.1 Å². The number of methoxy groups -OCH3 is 1. The zero-order valence-electron chi connectivity index (χ0n) is 15.8. The standard InChI is InChI=1S/C20H28FN3O3/c1-27-12-2-7-22-19(25)14-23-8-10-24(11-9-23)20(26)18-13-17(18)15-3-5-16(21)6-4-15/h3-6,17-18H,2,7-14H2,1H3,(H,22,25). The van der Waals surface area contributed by atoms with Crippen molar-refractivity contribution in [2.45, 2.75) is 18.8 Å². The molecule has 0 radical (unpaired) electrons. The monoisotopic (exact) mass is 377 g/mol. The summed E-state index contributed by atoms with van der Waals surface area (Å²) in [6.45, 7) is 4.37. The third-order valence-corrected chi connectivity index (χ3v) is 5.30. The minimum absolute atomic E-state index is 0.0180. The SMILES string of the molecule is COCCCNC(=O)CN1CCN(C(=O)C2CC2c2ccc(F)cc2)CC1. The number of amides is 2. The number of hydrogen-bond donors (Lipinski definition) is 1. The van der Waals surface area contributed by atoms with Crippen LogP contribution < -0.4 is 5.32 Å². The largest absolute Gasteiger partial charge is 0.385 e. The minimum atomic E-state index is -0.249. The van der Waals surface area contributed by atoms with Gasteiger partial charge in [-0.25, -0.2) is 4.39 Å². The number of piperazine rings is 1. The van der Waals surface area contributed by atoms with Crippen LogP contribution in [-0.2, 0) is 14.3 Å². The summed E-state index contributed by atoms with van der Waals surface area (Å²) in [7, 11) is 1.64. The van der Waals surface area contributed by atoms with Gasteiger partial charge in [-0.1, -0.05) is 12.1 Å². The topological polar surface area (TPSA) is 61.9 Å². The van der Waals surface area contributed by atoms with E-state index in [0.29, 0.717) is 45.9 Å². The van der Waals surface area contributed by atoms with Gasteiger partial charge in [0, 0.05) is 52.4 Å². The molecule has 0 aromatic heterocycles. The summed E-state index contributed by atoms with van der Waals surface area (Å²) in [5.74, 6) is 0.193. The Morgan fingerprint density at radius 3 is 2.56 bits per heavy atom. The molecule has 1 aliphatic heterocycles. The molecule has 1 N–H and O–H groups in total. The number of carbonyl (C=O) groups excluding carboxylic acids is 2. The third kappa shape index (κ3) is 5.49. The molecule has 2 aliphatic rings. The predicted molar refractivity (Wildman–Crippen MR) is 99.8 cm³/mol. The first kappa shape index (κ1) is 19.8. The van der Waals surface area contributed by atoms with E-state index < -0.39 is 0 Å². The highest BCUT2D eigenvalue weighted by Crippen LogP contribution is 2.48. The smallest absolute Gasteiger partial charge is 0.234 e. The quantitative estimate of drug-likeness (QED) is 0.692. The number of halogens is 1. The first-order valence-corrected chi connectivity index (χ1v) is 9.60. The molecule has 1 aliphatic carbocycles. The molecule has 3 rings (SSSR count). The van der Waals surface area contributed by atoms with Crippen LogP contribution in [0.15, 0.2) is 24.3 Å². The van der Waals surface area contributed by atoms with Gasteiger partial charge in [0.05, 0.1) is 6.54 Å². The predicted octanol–water partition coefficient (Wildman–Crippen LogP) is 1.23. The molecule has 6 nitrogen and oxygen atoms in total. The number of rotatable bonds is 8. The zero-order valence-corrected chi connectivity index (χ0v) is 15.8. The molecule has 0 spiro atoms. The van der Waals surface area contributed by atoms with Crippen LogP contribution in [0.3, 0.4) is 0 Å². The average Bonchev–Trinajstić information content (AvgIpc) is 3.47. The highest BCUT2D eigenvalue weighted by atomic mass is 19.1.